The van der Waals surface area contributed by atoms with E-state index in [2.05, 4.69) is 5.32 Å². The highest BCUT2D eigenvalue weighted by Gasteiger charge is 2.34. The summed E-state index contributed by atoms with van der Waals surface area (Å²) in [5.74, 6) is 0.469. The molecule has 1 atom stereocenters. The third-order valence-electron chi connectivity index (χ3n) is 3.31. The van der Waals surface area contributed by atoms with Gasteiger partial charge in [-0.25, -0.2) is 0 Å². The molecular weight excluding hydrogens is 256 g/mol. The van der Waals surface area contributed by atoms with Crippen LogP contribution < -0.4 is 15.0 Å². The molecule has 0 bridgehead atoms. The first-order chi connectivity index (χ1) is 9.65. The highest BCUT2D eigenvalue weighted by molar-refractivity contribution is 6.00. The van der Waals surface area contributed by atoms with E-state index in [1.807, 2.05) is 38.1 Å². The highest BCUT2D eigenvalue weighted by atomic mass is 16.5. The topological polar surface area (TPSA) is 58.6 Å². The Hall–Kier alpha value is -2.04. The van der Waals surface area contributed by atoms with Crippen molar-refractivity contribution in [3.05, 3.63) is 24.3 Å². The summed E-state index contributed by atoms with van der Waals surface area (Å²) < 4.78 is 5.37. The van der Waals surface area contributed by atoms with Gasteiger partial charge in [0.25, 0.3) is 0 Å². The lowest BCUT2D eigenvalue weighted by Gasteiger charge is -2.17. The largest absolute Gasteiger partial charge is 0.494 e. The summed E-state index contributed by atoms with van der Waals surface area (Å²) in [6.45, 7) is 5.44. The first kappa shape index (κ1) is 14.4. The van der Waals surface area contributed by atoms with Gasteiger partial charge in [0.05, 0.1) is 12.5 Å². The summed E-state index contributed by atoms with van der Waals surface area (Å²) in [4.78, 5) is 25.5. The Balaban J connectivity index is 2.05. The summed E-state index contributed by atoms with van der Waals surface area (Å²) >= 11 is 0. The third kappa shape index (κ3) is 3.10. The number of nitrogens with one attached hydrogen (secondary N) is 1. The van der Waals surface area contributed by atoms with Crippen LogP contribution in [0.2, 0.25) is 0 Å². The molecule has 0 saturated carbocycles. The molecule has 2 rings (SSSR count). The van der Waals surface area contributed by atoms with Gasteiger partial charge < -0.3 is 15.0 Å². The molecule has 5 nitrogen and oxygen atoms in total. The summed E-state index contributed by atoms with van der Waals surface area (Å²) in [6, 6.07) is 7.38. The summed E-state index contributed by atoms with van der Waals surface area (Å²) in [5.41, 5.74) is 0.810. The molecule has 0 radical (unpaired) electrons. The number of rotatable bonds is 5. The second-order valence-corrected chi connectivity index (χ2v) is 4.73. The Morgan fingerprint density at radius 3 is 2.65 bits per heavy atom. The maximum Gasteiger partial charge on any atom is 0.227 e. The Morgan fingerprint density at radius 2 is 2.05 bits per heavy atom. The van der Waals surface area contributed by atoms with Gasteiger partial charge in [-0.3, -0.25) is 9.59 Å². The maximum atomic E-state index is 12.0. The Labute approximate surface area is 118 Å². The summed E-state index contributed by atoms with van der Waals surface area (Å²) in [7, 11) is 0. The molecule has 1 aromatic rings. The zero-order valence-electron chi connectivity index (χ0n) is 11.9. The van der Waals surface area contributed by atoms with E-state index >= 15 is 0 Å². The van der Waals surface area contributed by atoms with Crippen molar-refractivity contribution in [3.63, 3.8) is 0 Å². The van der Waals surface area contributed by atoms with Gasteiger partial charge in [0, 0.05) is 25.2 Å². The lowest BCUT2D eigenvalue weighted by atomic mass is 10.1. The molecule has 1 saturated heterocycles. The smallest absolute Gasteiger partial charge is 0.227 e. The monoisotopic (exact) mass is 276 g/mol. The average Bonchev–Trinajstić information content (AvgIpc) is 2.83. The SMILES string of the molecule is CCNC(=O)[C@H]1CC(=O)N(c2ccc(OCC)cc2)C1. The van der Waals surface area contributed by atoms with Crippen molar-refractivity contribution in [2.75, 3.05) is 24.6 Å². The molecule has 0 aromatic heterocycles. The highest BCUT2D eigenvalue weighted by Crippen LogP contribution is 2.26. The number of carbonyl (C=O) groups is 2. The molecule has 0 aliphatic carbocycles. The second kappa shape index (κ2) is 6.41. The van der Waals surface area contributed by atoms with E-state index < -0.39 is 0 Å². The van der Waals surface area contributed by atoms with Crippen LogP contribution in [0, 0.1) is 5.92 Å². The average molecular weight is 276 g/mol. The van der Waals surface area contributed by atoms with Crippen molar-refractivity contribution < 1.29 is 14.3 Å². The van der Waals surface area contributed by atoms with Crippen LogP contribution in [-0.4, -0.2) is 31.5 Å². The van der Waals surface area contributed by atoms with Crippen LogP contribution in [0.1, 0.15) is 20.3 Å². The van der Waals surface area contributed by atoms with E-state index in [0.717, 1.165) is 11.4 Å². The number of hydrogen-bond donors (Lipinski definition) is 1. The number of ether oxygens (including phenoxy) is 1. The van der Waals surface area contributed by atoms with Gasteiger partial charge in [-0.2, -0.15) is 0 Å². The fourth-order valence-corrected chi connectivity index (χ4v) is 2.34. The van der Waals surface area contributed by atoms with E-state index in [-0.39, 0.29) is 24.2 Å². The van der Waals surface area contributed by atoms with Crippen LogP contribution in [0.25, 0.3) is 0 Å². The maximum absolute atomic E-state index is 12.0. The van der Waals surface area contributed by atoms with Gasteiger partial charge in [-0.1, -0.05) is 0 Å². The molecule has 5 heteroatoms. The molecule has 1 fully saturated rings. The lowest BCUT2D eigenvalue weighted by molar-refractivity contribution is -0.126. The van der Waals surface area contributed by atoms with Crippen LogP contribution >= 0.6 is 0 Å². The molecular formula is C15H20N2O3. The van der Waals surface area contributed by atoms with Crippen molar-refractivity contribution in [1.82, 2.24) is 5.32 Å². The molecule has 1 aliphatic rings. The van der Waals surface area contributed by atoms with E-state index in [9.17, 15) is 9.59 Å². The fraction of sp³-hybridized carbons (Fsp3) is 0.467. The Bertz CT molecular complexity index is 484. The number of hydrogen-bond acceptors (Lipinski definition) is 3. The van der Waals surface area contributed by atoms with Crippen LogP contribution in [0.5, 0.6) is 5.75 Å². The molecule has 1 N–H and O–H groups in total. The minimum atomic E-state index is -0.256. The van der Waals surface area contributed by atoms with E-state index in [4.69, 9.17) is 4.74 Å². The molecule has 0 unspecified atom stereocenters. The molecule has 20 heavy (non-hydrogen) atoms. The van der Waals surface area contributed by atoms with Crippen LogP contribution in [0.4, 0.5) is 5.69 Å². The zero-order chi connectivity index (χ0) is 14.5. The first-order valence-corrected chi connectivity index (χ1v) is 6.96. The van der Waals surface area contributed by atoms with Gasteiger partial charge in [0.1, 0.15) is 5.75 Å². The summed E-state index contributed by atoms with van der Waals surface area (Å²) in [5, 5.41) is 2.77. The van der Waals surface area contributed by atoms with Crippen LogP contribution in [-0.2, 0) is 9.59 Å². The van der Waals surface area contributed by atoms with Gasteiger partial charge in [0.15, 0.2) is 0 Å². The first-order valence-electron chi connectivity index (χ1n) is 6.96. The molecule has 108 valence electrons. The minimum Gasteiger partial charge on any atom is -0.494 e. The van der Waals surface area contributed by atoms with E-state index in [1.54, 1.807) is 4.90 Å². The van der Waals surface area contributed by atoms with Crippen LogP contribution in [0.3, 0.4) is 0 Å². The van der Waals surface area contributed by atoms with Crippen molar-refractivity contribution in [1.29, 1.82) is 0 Å². The van der Waals surface area contributed by atoms with E-state index in [1.165, 1.54) is 0 Å². The Kier molecular flexibility index (Phi) is 4.61. The number of carbonyl (C=O) groups excluding carboxylic acids is 2. The molecule has 1 heterocycles. The number of benzene rings is 1. The van der Waals surface area contributed by atoms with Crippen LogP contribution in [0.15, 0.2) is 24.3 Å². The predicted molar refractivity (Wildman–Crippen MR) is 76.8 cm³/mol. The summed E-state index contributed by atoms with van der Waals surface area (Å²) in [6.07, 6.45) is 0.277. The quantitative estimate of drug-likeness (QED) is 0.888. The lowest BCUT2D eigenvalue weighted by Crippen LogP contribution is -2.32. The Morgan fingerprint density at radius 1 is 1.35 bits per heavy atom. The fourth-order valence-electron chi connectivity index (χ4n) is 2.34. The normalized spacial score (nSPS) is 18.2. The van der Waals surface area contributed by atoms with Gasteiger partial charge in [-0.05, 0) is 38.1 Å². The minimum absolute atomic E-state index is 0.00888. The third-order valence-corrected chi connectivity index (χ3v) is 3.31. The van der Waals surface area contributed by atoms with E-state index in [0.29, 0.717) is 19.7 Å². The van der Waals surface area contributed by atoms with Crippen molar-refractivity contribution >= 4 is 17.5 Å². The van der Waals surface area contributed by atoms with Gasteiger partial charge >= 0.3 is 0 Å². The molecule has 1 aromatic carbocycles. The molecule has 1 aliphatic heterocycles. The standard InChI is InChI=1S/C15H20N2O3/c1-3-16-15(19)11-9-14(18)17(10-11)12-5-7-13(8-6-12)20-4-2/h5-8,11H,3-4,9-10H2,1-2H3,(H,16,19)/t11-/m0/s1. The van der Waals surface area contributed by atoms with Crippen molar-refractivity contribution in [2.24, 2.45) is 5.92 Å². The molecule has 2 amide bonds. The molecule has 0 spiro atoms. The second-order valence-electron chi connectivity index (χ2n) is 4.73. The number of nitrogens with zero attached hydrogens (tertiary/aromatic N) is 1. The predicted octanol–water partition coefficient (Wildman–Crippen LogP) is 1.57. The van der Waals surface area contributed by atoms with Gasteiger partial charge in [0.2, 0.25) is 11.8 Å². The zero-order valence-corrected chi connectivity index (χ0v) is 11.9. The number of anilines is 1. The van der Waals surface area contributed by atoms with Crippen molar-refractivity contribution in [3.8, 4) is 5.75 Å². The number of amides is 2. The van der Waals surface area contributed by atoms with Crippen molar-refractivity contribution in [2.45, 2.75) is 20.3 Å². The van der Waals surface area contributed by atoms with Gasteiger partial charge in [-0.15, -0.1) is 0 Å².